The number of hydrogen-bond donors (Lipinski definition) is 1. The van der Waals surface area contributed by atoms with Crippen molar-refractivity contribution in [1.29, 1.82) is 0 Å². The Morgan fingerprint density at radius 3 is 2.41 bits per heavy atom. The van der Waals surface area contributed by atoms with Crippen LogP contribution in [-0.2, 0) is 21.3 Å². The summed E-state index contributed by atoms with van der Waals surface area (Å²) in [6, 6.07) is 7.76. The van der Waals surface area contributed by atoms with Gasteiger partial charge in [0, 0.05) is 18.8 Å². The molecule has 0 aliphatic carbocycles. The lowest BCUT2D eigenvalue weighted by Crippen LogP contribution is -2.23. The summed E-state index contributed by atoms with van der Waals surface area (Å²) < 4.78 is 11.4. The largest absolute Gasteiger partial charge is 0.462 e. The van der Waals surface area contributed by atoms with E-state index in [1.54, 1.807) is 32.2 Å². The standard InChI is InChI=1S/C19H20N2O6/c1-4-26-18(24)14-7-5-6-8-15(14)20-17(23)11-27-19(25)16-9-13(12(2)22)10-21(16)3/h5-10H,4,11H2,1-3H3,(H,20,23). The lowest BCUT2D eigenvalue weighted by Gasteiger charge is -2.10. The summed E-state index contributed by atoms with van der Waals surface area (Å²) in [6.45, 7) is 2.73. The Hall–Kier alpha value is -3.42. The first kappa shape index (κ1) is 19.9. The summed E-state index contributed by atoms with van der Waals surface area (Å²) in [5.74, 6) is -2.09. The van der Waals surface area contributed by atoms with Crippen LogP contribution in [-0.4, -0.2) is 41.4 Å². The normalized spacial score (nSPS) is 10.2. The first-order valence-corrected chi connectivity index (χ1v) is 8.24. The van der Waals surface area contributed by atoms with Crippen molar-refractivity contribution in [3.63, 3.8) is 0 Å². The minimum absolute atomic E-state index is 0.153. The third-order valence-electron chi connectivity index (χ3n) is 3.65. The first-order chi connectivity index (χ1) is 12.8. The highest BCUT2D eigenvalue weighted by atomic mass is 16.5. The van der Waals surface area contributed by atoms with Crippen molar-refractivity contribution in [2.75, 3.05) is 18.5 Å². The molecular weight excluding hydrogens is 352 g/mol. The van der Waals surface area contributed by atoms with E-state index in [9.17, 15) is 19.2 Å². The maximum absolute atomic E-state index is 12.1. The fourth-order valence-corrected chi connectivity index (χ4v) is 2.33. The van der Waals surface area contributed by atoms with Crippen molar-refractivity contribution in [3.05, 3.63) is 53.3 Å². The summed E-state index contributed by atoms with van der Waals surface area (Å²) in [6.07, 6.45) is 1.51. The van der Waals surface area contributed by atoms with Crippen LogP contribution in [0.4, 0.5) is 5.69 Å². The van der Waals surface area contributed by atoms with Crippen molar-refractivity contribution in [1.82, 2.24) is 4.57 Å². The molecule has 0 saturated heterocycles. The maximum atomic E-state index is 12.1. The summed E-state index contributed by atoms with van der Waals surface area (Å²) in [7, 11) is 1.60. The summed E-state index contributed by atoms with van der Waals surface area (Å²) in [4.78, 5) is 47.5. The number of carbonyl (C=O) groups is 4. The van der Waals surface area contributed by atoms with Crippen molar-refractivity contribution in [2.45, 2.75) is 13.8 Å². The molecule has 1 aromatic heterocycles. The van der Waals surface area contributed by atoms with Gasteiger partial charge in [0.05, 0.1) is 17.9 Å². The molecule has 27 heavy (non-hydrogen) atoms. The van der Waals surface area contributed by atoms with E-state index < -0.39 is 24.5 Å². The summed E-state index contributed by atoms with van der Waals surface area (Å²) >= 11 is 0. The van der Waals surface area contributed by atoms with Gasteiger partial charge in [0.25, 0.3) is 5.91 Å². The fourth-order valence-electron chi connectivity index (χ4n) is 2.33. The molecule has 0 unspecified atom stereocenters. The Morgan fingerprint density at radius 1 is 1.07 bits per heavy atom. The minimum atomic E-state index is -0.737. The number of hydrogen-bond acceptors (Lipinski definition) is 6. The molecule has 1 aromatic carbocycles. The number of benzene rings is 1. The summed E-state index contributed by atoms with van der Waals surface area (Å²) in [5.41, 5.74) is 0.986. The number of ketones is 1. The van der Waals surface area contributed by atoms with E-state index in [2.05, 4.69) is 5.32 Å². The van der Waals surface area contributed by atoms with Crippen molar-refractivity contribution in [2.24, 2.45) is 7.05 Å². The van der Waals surface area contributed by atoms with Crippen LogP contribution in [0.5, 0.6) is 0 Å². The van der Waals surface area contributed by atoms with Gasteiger partial charge in [0.1, 0.15) is 5.69 Å². The van der Waals surface area contributed by atoms with Crippen LogP contribution in [0.3, 0.4) is 0 Å². The van der Waals surface area contributed by atoms with Gasteiger partial charge in [0.2, 0.25) is 0 Å². The number of esters is 2. The van der Waals surface area contributed by atoms with E-state index in [-0.39, 0.29) is 29.3 Å². The molecule has 0 radical (unpaired) electrons. The number of amides is 1. The third-order valence-corrected chi connectivity index (χ3v) is 3.65. The van der Waals surface area contributed by atoms with Crippen LogP contribution >= 0.6 is 0 Å². The van der Waals surface area contributed by atoms with Crippen LogP contribution in [0.15, 0.2) is 36.5 Å². The smallest absolute Gasteiger partial charge is 0.355 e. The highest BCUT2D eigenvalue weighted by Gasteiger charge is 2.18. The SMILES string of the molecule is CCOC(=O)c1ccccc1NC(=O)COC(=O)c1cc(C(C)=O)cn1C. The van der Waals surface area contributed by atoms with E-state index in [0.717, 1.165) is 0 Å². The molecule has 8 nitrogen and oxygen atoms in total. The second-order valence-corrected chi connectivity index (χ2v) is 5.67. The maximum Gasteiger partial charge on any atom is 0.355 e. The third kappa shape index (κ3) is 5.04. The molecule has 0 bridgehead atoms. The molecule has 142 valence electrons. The second kappa shape index (κ2) is 8.79. The van der Waals surface area contributed by atoms with Gasteiger partial charge in [-0.25, -0.2) is 9.59 Å². The molecule has 0 atom stereocenters. The number of para-hydroxylation sites is 1. The molecule has 0 fully saturated rings. The van der Waals surface area contributed by atoms with Crippen LogP contribution in [0, 0.1) is 0 Å². The predicted octanol–water partition coefficient (Wildman–Crippen LogP) is 2.20. The number of ether oxygens (including phenoxy) is 2. The van der Waals surface area contributed by atoms with E-state index >= 15 is 0 Å². The van der Waals surface area contributed by atoms with Crippen molar-refractivity contribution < 1.29 is 28.7 Å². The average Bonchev–Trinajstić information content (AvgIpc) is 3.02. The molecular formula is C19H20N2O6. The monoisotopic (exact) mass is 372 g/mol. The highest BCUT2D eigenvalue weighted by Crippen LogP contribution is 2.16. The van der Waals surface area contributed by atoms with Crippen LogP contribution in [0.2, 0.25) is 0 Å². The quantitative estimate of drug-likeness (QED) is 0.590. The number of nitrogens with zero attached hydrogens (tertiary/aromatic N) is 1. The molecule has 1 N–H and O–H groups in total. The topological polar surface area (TPSA) is 104 Å². The van der Waals surface area contributed by atoms with Gasteiger partial charge in [-0.3, -0.25) is 9.59 Å². The number of carbonyl (C=O) groups excluding carboxylic acids is 4. The zero-order chi connectivity index (χ0) is 20.0. The Bertz CT molecular complexity index is 884. The van der Waals surface area contributed by atoms with Crippen molar-refractivity contribution in [3.8, 4) is 0 Å². The molecule has 1 heterocycles. The predicted molar refractivity (Wildman–Crippen MR) is 96.7 cm³/mol. The van der Waals surface area contributed by atoms with E-state index in [0.29, 0.717) is 5.56 Å². The lowest BCUT2D eigenvalue weighted by atomic mass is 10.2. The Balaban J connectivity index is 2.00. The number of anilines is 1. The molecule has 2 aromatic rings. The number of rotatable bonds is 7. The van der Waals surface area contributed by atoms with Crippen molar-refractivity contribution >= 4 is 29.3 Å². The summed E-state index contributed by atoms with van der Waals surface area (Å²) in [5, 5.41) is 2.52. The van der Waals surface area contributed by atoms with Gasteiger partial charge in [-0.1, -0.05) is 12.1 Å². The van der Waals surface area contributed by atoms with Crippen LogP contribution < -0.4 is 5.32 Å². The molecule has 0 aliphatic rings. The van der Waals surface area contributed by atoms with E-state index in [1.807, 2.05) is 0 Å². The van der Waals surface area contributed by atoms with Gasteiger partial charge in [0.15, 0.2) is 12.4 Å². The molecule has 0 aliphatic heterocycles. The van der Waals surface area contributed by atoms with E-state index in [4.69, 9.17) is 9.47 Å². The lowest BCUT2D eigenvalue weighted by molar-refractivity contribution is -0.119. The fraction of sp³-hybridized carbons (Fsp3) is 0.263. The molecule has 1 amide bonds. The molecule has 8 heteroatoms. The Kier molecular flexibility index (Phi) is 6.48. The Labute approximate surface area is 156 Å². The molecule has 0 spiro atoms. The number of aromatic nitrogens is 1. The van der Waals surface area contributed by atoms with Gasteiger partial charge in [-0.05, 0) is 32.0 Å². The number of aryl methyl sites for hydroxylation is 1. The average molecular weight is 372 g/mol. The van der Waals surface area contributed by atoms with Gasteiger partial charge < -0.3 is 19.4 Å². The Morgan fingerprint density at radius 2 is 1.78 bits per heavy atom. The number of nitrogens with one attached hydrogen (secondary N) is 1. The van der Waals surface area contributed by atoms with Gasteiger partial charge in [-0.2, -0.15) is 0 Å². The van der Waals surface area contributed by atoms with Crippen LogP contribution in [0.1, 0.15) is 45.1 Å². The first-order valence-electron chi connectivity index (χ1n) is 8.24. The van der Waals surface area contributed by atoms with Gasteiger partial charge in [-0.15, -0.1) is 0 Å². The minimum Gasteiger partial charge on any atom is -0.462 e. The number of Topliss-reactive ketones (excluding diaryl/α,β-unsaturated/α-hetero) is 1. The van der Waals surface area contributed by atoms with Gasteiger partial charge >= 0.3 is 11.9 Å². The zero-order valence-electron chi connectivity index (χ0n) is 15.3. The molecule has 2 rings (SSSR count). The molecule has 0 saturated carbocycles. The van der Waals surface area contributed by atoms with Crippen LogP contribution in [0.25, 0.3) is 0 Å². The zero-order valence-corrected chi connectivity index (χ0v) is 15.3. The van der Waals surface area contributed by atoms with E-state index in [1.165, 1.54) is 29.8 Å². The second-order valence-electron chi connectivity index (χ2n) is 5.67. The highest BCUT2D eigenvalue weighted by molar-refractivity contribution is 6.02.